The first-order valence-corrected chi connectivity index (χ1v) is 7.10. The molecule has 1 unspecified atom stereocenters. The van der Waals surface area contributed by atoms with Crippen molar-refractivity contribution in [3.63, 3.8) is 0 Å². The predicted molar refractivity (Wildman–Crippen MR) is 90.1 cm³/mol. The van der Waals surface area contributed by atoms with Crippen molar-refractivity contribution in [2.45, 2.75) is 45.1 Å². The number of rotatable bonds is 3. The van der Waals surface area contributed by atoms with Crippen LogP contribution in [-0.4, -0.2) is 43.2 Å². The van der Waals surface area contributed by atoms with Crippen LogP contribution in [0.15, 0.2) is 16.6 Å². The molecule has 2 N–H and O–H groups in total. The van der Waals surface area contributed by atoms with Crippen molar-refractivity contribution in [3.8, 4) is 0 Å². The van der Waals surface area contributed by atoms with Gasteiger partial charge in [0.1, 0.15) is 0 Å². The molecule has 110 valence electrons. The summed E-state index contributed by atoms with van der Waals surface area (Å²) < 4.78 is 5.50. The zero-order chi connectivity index (χ0) is 12.8. The number of halogens is 1. The number of aliphatic imine (C=N–C) groups is 1. The van der Waals surface area contributed by atoms with Gasteiger partial charge in [0.05, 0.1) is 12.7 Å². The highest BCUT2D eigenvalue weighted by atomic mass is 127. The van der Waals surface area contributed by atoms with Gasteiger partial charge in [0.25, 0.3) is 0 Å². The van der Waals surface area contributed by atoms with E-state index in [1.807, 2.05) is 0 Å². The van der Waals surface area contributed by atoms with E-state index in [1.54, 1.807) is 5.57 Å². The Balaban J connectivity index is 0.00000180. The molecule has 4 nitrogen and oxygen atoms in total. The number of nitrogens with two attached hydrogens (primary N) is 1. The zero-order valence-corrected chi connectivity index (χ0v) is 14.1. The van der Waals surface area contributed by atoms with E-state index in [0.717, 1.165) is 32.7 Å². The summed E-state index contributed by atoms with van der Waals surface area (Å²) in [5.41, 5.74) is 7.59. The summed E-state index contributed by atoms with van der Waals surface area (Å²) >= 11 is 0. The minimum absolute atomic E-state index is 0. The average Bonchev–Trinajstić information content (AvgIpc) is 2.40. The lowest BCUT2D eigenvalue weighted by molar-refractivity contribution is 0.00530. The molecule has 1 aliphatic carbocycles. The van der Waals surface area contributed by atoms with Crippen LogP contribution in [0.5, 0.6) is 0 Å². The smallest absolute Gasteiger partial charge is 0.191 e. The lowest BCUT2D eigenvalue weighted by atomic mass is 9.97. The highest BCUT2D eigenvalue weighted by Gasteiger charge is 2.17. The van der Waals surface area contributed by atoms with Crippen LogP contribution in [0.2, 0.25) is 0 Å². The number of guanidine groups is 1. The van der Waals surface area contributed by atoms with Crippen molar-refractivity contribution in [2.24, 2.45) is 10.7 Å². The fourth-order valence-corrected chi connectivity index (χ4v) is 2.57. The monoisotopic (exact) mass is 379 g/mol. The molecular weight excluding hydrogens is 353 g/mol. The number of morpholine rings is 1. The van der Waals surface area contributed by atoms with Gasteiger partial charge in [0.15, 0.2) is 5.96 Å². The Bertz CT molecular complexity index is 331. The van der Waals surface area contributed by atoms with E-state index >= 15 is 0 Å². The first kappa shape index (κ1) is 16.8. The van der Waals surface area contributed by atoms with Crippen molar-refractivity contribution < 1.29 is 4.74 Å². The van der Waals surface area contributed by atoms with E-state index in [9.17, 15) is 0 Å². The van der Waals surface area contributed by atoms with Gasteiger partial charge in [-0.1, -0.05) is 11.6 Å². The Kier molecular flexibility index (Phi) is 7.75. The van der Waals surface area contributed by atoms with E-state index in [-0.39, 0.29) is 30.1 Å². The number of allylic oxidation sites excluding steroid dienone is 1. The number of nitrogens with zero attached hydrogens (tertiary/aromatic N) is 2. The van der Waals surface area contributed by atoms with Crippen molar-refractivity contribution in [1.29, 1.82) is 0 Å². The fourth-order valence-electron chi connectivity index (χ4n) is 2.57. The maximum absolute atomic E-state index is 6.03. The van der Waals surface area contributed by atoms with Gasteiger partial charge >= 0.3 is 0 Å². The molecular formula is C14H26IN3O. The third-order valence-electron chi connectivity index (χ3n) is 3.66. The Labute approximate surface area is 133 Å². The van der Waals surface area contributed by atoms with Gasteiger partial charge in [-0.2, -0.15) is 0 Å². The molecule has 0 aromatic rings. The highest BCUT2D eigenvalue weighted by Crippen LogP contribution is 2.19. The van der Waals surface area contributed by atoms with Crippen molar-refractivity contribution >= 4 is 29.9 Å². The lowest BCUT2D eigenvalue weighted by Gasteiger charge is -2.31. The van der Waals surface area contributed by atoms with Gasteiger partial charge in [0, 0.05) is 19.6 Å². The number of hydrogen-bond donors (Lipinski definition) is 1. The van der Waals surface area contributed by atoms with Crippen LogP contribution in [0.25, 0.3) is 0 Å². The van der Waals surface area contributed by atoms with Gasteiger partial charge in [-0.15, -0.1) is 24.0 Å². The zero-order valence-electron chi connectivity index (χ0n) is 11.8. The van der Waals surface area contributed by atoms with Gasteiger partial charge in [-0.25, -0.2) is 0 Å². The van der Waals surface area contributed by atoms with Crippen LogP contribution >= 0.6 is 24.0 Å². The molecule has 2 rings (SSSR count). The maximum Gasteiger partial charge on any atom is 0.191 e. The molecule has 2 aliphatic rings. The molecule has 1 saturated heterocycles. The van der Waals surface area contributed by atoms with Crippen LogP contribution in [0.3, 0.4) is 0 Å². The Morgan fingerprint density at radius 3 is 3.05 bits per heavy atom. The summed E-state index contributed by atoms with van der Waals surface area (Å²) in [6, 6.07) is 0. The first-order chi connectivity index (χ1) is 8.75. The number of hydrogen-bond acceptors (Lipinski definition) is 2. The van der Waals surface area contributed by atoms with E-state index in [2.05, 4.69) is 22.9 Å². The summed E-state index contributed by atoms with van der Waals surface area (Å²) in [5.74, 6) is 0.682. The average molecular weight is 379 g/mol. The van der Waals surface area contributed by atoms with Crippen molar-refractivity contribution in [1.82, 2.24) is 4.90 Å². The topological polar surface area (TPSA) is 50.8 Å². The van der Waals surface area contributed by atoms with Gasteiger partial charge in [0.2, 0.25) is 0 Å². The largest absolute Gasteiger partial charge is 0.375 e. The molecule has 1 fully saturated rings. The molecule has 1 atom stereocenters. The highest BCUT2D eigenvalue weighted by molar-refractivity contribution is 14.0. The molecule has 5 heteroatoms. The SMILES string of the molecule is CC1CN(C(N)=NCCC2=CCCCC2)CCO1.I. The third kappa shape index (κ3) is 5.69. The van der Waals surface area contributed by atoms with E-state index < -0.39 is 0 Å². The summed E-state index contributed by atoms with van der Waals surface area (Å²) in [4.78, 5) is 6.63. The predicted octanol–water partition coefficient (Wildman–Crippen LogP) is 2.53. The molecule has 1 aliphatic heterocycles. The van der Waals surface area contributed by atoms with Gasteiger partial charge in [-0.05, 0) is 39.0 Å². The Hall–Kier alpha value is -0.300. The quantitative estimate of drug-likeness (QED) is 0.355. The van der Waals surface area contributed by atoms with Crippen LogP contribution in [0, 0.1) is 0 Å². The van der Waals surface area contributed by atoms with Crippen molar-refractivity contribution in [3.05, 3.63) is 11.6 Å². The Morgan fingerprint density at radius 1 is 1.53 bits per heavy atom. The second kappa shape index (κ2) is 8.79. The summed E-state index contributed by atoms with van der Waals surface area (Å²) in [5, 5.41) is 0. The van der Waals surface area contributed by atoms with Crippen LogP contribution in [0.4, 0.5) is 0 Å². The maximum atomic E-state index is 6.03. The van der Waals surface area contributed by atoms with Crippen LogP contribution < -0.4 is 5.73 Å². The fraction of sp³-hybridized carbons (Fsp3) is 0.786. The number of ether oxygens (including phenoxy) is 1. The molecule has 0 radical (unpaired) electrons. The third-order valence-corrected chi connectivity index (χ3v) is 3.66. The van der Waals surface area contributed by atoms with E-state index in [1.165, 1.54) is 25.7 Å². The molecule has 1 heterocycles. The molecule has 19 heavy (non-hydrogen) atoms. The van der Waals surface area contributed by atoms with Crippen LogP contribution in [-0.2, 0) is 4.74 Å². The lowest BCUT2D eigenvalue weighted by Crippen LogP contribution is -2.47. The minimum atomic E-state index is 0. The normalized spacial score (nSPS) is 24.7. The minimum Gasteiger partial charge on any atom is -0.375 e. The summed E-state index contributed by atoms with van der Waals surface area (Å²) in [7, 11) is 0. The summed E-state index contributed by atoms with van der Waals surface area (Å²) in [6.45, 7) is 5.37. The molecule has 0 bridgehead atoms. The molecule has 0 spiro atoms. The van der Waals surface area contributed by atoms with Crippen molar-refractivity contribution in [2.75, 3.05) is 26.2 Å². The standard InChI is InChI=1S/C14H25N3O.HI/c1-12-11-17(9-10-18-12)14(15)16-8-7-13-5-3-2-4-6-13;/h5,12H,2-4,6-11H2,1H3,(H2,15,16);1H. The molecule has 0 aromatic heterocycles. The molecule has 0 saturated carbocycles. The summed E-state index contributed by atoms with van der Waals surface area (Å²) in [6.07, 6.45) is 8.90. The van der Waals surface area contributed by atoms with Gasteiger partial charge < -0.3 is 15.4 Å². The van der Waals surface area contributed by atoms with E-state index in [0.29, 0.717) is 5.96 Å². The van der Waals surface area contributed by atoms with Gasteiger partial charge in [-0.3, -0.25) is 4.99 Å². The first-order valence-electron chi connectivity index (χ1n) is 7.10. The molecule has 0 amide bonds. The van der Waals surface area contributed by atoms with Crippen LogP contribution in [0.1, 0.15) is 39.0 Å². The van der Waals surface area contributed by atoms with E-state index in [4.69, 9.17) is 10.5 Å². The Morgan fingerprint density at radius 2 is 2.37 bits per heavy atom. The second-order valence-electron chi connectivity index (χ2n) is 5.23. The second-order valence-corrected chi connectivity index (χ2v) is 5.23. The molecule has 0 aromatic carbocycles.